The van der Waals surface area contributed by atoms with Crippen LogP contribution in [0.4, 0.5) is 0 Å². The van der Waals surface area contributed by atoms with E-state index in [0.717, 1.165) is 0 Å². The summed E-state index contributed by atoms with van der Waals surface area (Å²) in [6.45, 7) is 3.96. The van der Waals surface area contributed by atoms with Crippen LogP contribution in [0.25, 0.3) is 0 Å². The Morgan fingerprint density at radius 2 is 2.18 bits per heavy atom. The molecule has 1 heterocycles. The van der Waals surface area contributed by atoms with E-state index < -0.39 is 15.4 Å². The summed E-state index contributed by atoms with van der Waals surface area (Å²) in [7, 11) is -3.33. The van der Waals surface area contributed by atoms with Crippen LogP contribution in [0.5, 0.6) is 0 Å². The lowest BCUT2D eigenvalue weighted by Gasteiger charge is -2.05. The second kappa shape index (κ2) is 3.08. The molecule has 5 heteroatoms. The molecule has 0 spiro atoms. The minimum absolute atomic E-state index is 0.00326. The van der Waals surface area contributed by atoms with Crippen LogP contribution < -0.4 is 0 Å². The van der Waals surface area contributed by atoms with E-state index in [4.69, 9.17) is 4.74 Å². The predicted molar refractivity (Wildman–Crippen MR) is 39.7 cm³/mol. The van der Waals surface area contributed by atoms with E-state index in [9.17, 15) is 8.42 Å². The van der Waals surface area contributed by atoms with Crippen molar-refractivity contribution in [1.82, 2.24) is 0 Å². The lowest BCUT2D eigenvalue weighted by molar-refractivity contribution is 0.264. The highest BCUT2D eigenvalue weighted by Crippen LogP contribution is 2.12. The van der Waals surface area contributed by atoms with Crippen LogP contribution in [-0.2, 0) is 19.0 Å². The molecule has 0 aliphatic carbocycles. The zero-order chi connectivity index (χ0) is 8.48. The number of hydrogen-bond acceptors (Lipinski definition) is 4. The Morgan fingerprint density at radius 3 is 2.55 bits per heavy atom. The first kappa shape index (κ1) is 8.96. The summed E-state index contributed by atoms with van der Waals surface area (Å²) in [6, 6.07) is 0. The van der Waals surface area contributed by atoms with Crippen LogP contribution in [0.15, 0.2) is 0 Å². The summed E-state index contributed by atoms with van der Waals surface area (Å²) in [5.74, 6) is 0. The van der Waals surface area contributed by atoms with Crippen LogP contribution in [-0.4, -0.2) is 33.0 Å². The molecule has 11 heavy (non-hydrogen) atoms. The topological polar surface area (TPSA) is 55.9 Å². The molecule has 0 aromatic carbocycles. The third kappa shape index (κ3) is 2.76. The first-order valence-electron chi connectivity index (χ1n) is 3.52. The number of hydrogen-bond donors (Lipinski definition) is 0. The maximum atomic E-state index is 11.0. The Labute approximate surface area is 66.6 Å². The Kier molecular flexibility index (Phi) is 2.51. The van der Waals surface area contributed by atoms with E-state index in [1.165, 1.54) is 0 Å². The predicted octanol–water partition coefficient (Wildman–Crippen LogP) is 0.140. The molecule has 1 unspecified atom stereocenters. The van der Waals surface area contributed by atoms with E-state index in [1.807, 2.05) is 0 Å². The van der Waals surface area contributed by atoms with Crippen LogP contribution in [0.2, 0.25) is 0 Å². The highest BCUT2D eigenvalue weighted by atomic mass is 32.2. The Bertz CT molecular complexity index is 215. The fraction of sp³-hybridized carbons (Fsp3) is 1.00. The van der Waals surface area contributed by atoms with Gasteiger partial charge in [-0.15, -0.1) is 0 Å². The van der Waals surface area contributed by atoms with Gasteiger partial charge < -0.3 is 4.74 Å². The summed E-state index contributed by atoms with van der Waals surface area (Å²) in [4.78, 5) is 0. The van der Waals surface area contributed by atoms with Gasteiger partial charge in [0, 0.05) is 0 Å². The highest BCUT2D eigenvalue weighted by molar-refractivity contribution is 7.87. The number of ether oxygens (including phenoxy) is 1. The van der Waals surface area contributed by atoms with E-state index in [-0.39, 0.29) is 12.7 Å². The van der Waals surface area contributed by atoms with E-state index in [0.29, 0.717) is 6.61 Å². The van der Waals surface area contributed by atoms with Gasteiger partial charge in [-0.25, -0.2) is 0 Å². The van der Waals surface area contributed by atoms with Crippen LogP contribution in [0.3, 0.4) is 0 Å². The summed E-state index contributed by atoms with van der Waals surface area (Å²) < 4.78 is 31.4. The molecule has 0 N–H and O–H groups in total. The largest absolute Gasteiger partial charge is 0.371 e. The van der Waals surface area contributed by atoms with Gasteiger partial charge in [0.05, 0.1) is 18.5 Å². The SMILES string of the molecule is CC(C)S(=O)(=O)OCC1CO1. The third-order valence-corrected chi connectivity index (χ3v) is 3.02. The fourth-order valence-corrected chi connectivity index (χ4v) is 1.08. The van der Waals surface area contributed by atoms with Crippen molar-refractivity contribution in [2.24, 2.45) is 0 Å². The van der Waals surface area contributed by atoms with Gasteiger partial charge in [-0.3, -0.25) is 4.18 Å². The Balaban J connectivity index is 2.33. The molecule has 1 aliphatic rings. The monoisotopic (exact) mass is 180 g/mol. The van der Waals surface area contributed by atoms with E-state index in [1.54, 1.807) is 13.8 Å². The van der Waals surface area contributed by atoms with E-state index >= 15 is 0 Å². The molecule has 0 radical (unpaired) electrons. The molecule has 0 bridgehead atoms. The van der Waals surface area contributed by atoms with Crippen LogP contribution in [0.1, 0.15) is 13.8 Å². The van der Waals surface area contributed by atoms with Crippen molar-refractivity contribution < 1.29 is 17.3 Å². The zero-order valence-corrected chi connectivity index (χ0v) is 7.43. The molecular formula is C6H12O4S. The quantitative estimate of drug-likeness (QED) is 0.456. The molecule has 1 fully saturated rings. The molecule has 0 amide bonds. The van der Waals surface area contributed by atoms with Gasteiger partial charge in [0.1, 0.15) is 6.10 Å². The molecule has 66 valence electrons. The molecule has 0 aromatic rings. The maximum absolute atomic E-state index is 11.0. The van der Waals surface area contributed by atoms with Gasteiger partial charge in [0.15, 0.2) is 0 Å². The van der Waals surface area contributed by atoms with Crippen molar-refractivity contribution in [2.75, 3.05) is 13.2 Å². The van der Waals surface area contributed by atoms with Gasteiger partial charge >= 0.3 is 0 Å². The van der Waals surface area contributed by atoms with Gasteiger partial charge in [0.25, 0.3) is 10.1 Å². The van der Waals surface area contributed by atoms with Gasteiger partial charge in [-0.2, -0.15) is 8.42 Å². The standard InChI is InChI=1S/C6H12O4S/c1-5(2)11(7,8)10-4-6-3-9-6/h5-6H,3-4H2,1-2H3. The molecule has 1 aliphatic heterocycles. The molecule has 4 nitrogen and oxygen atoms in total. The molecule has 0 aromatic heterocycles. The average Bonchev–Trinajstić information content (AvgIpc) is 2.65. The van der Waals surface area contributed by atoms with Crippen molar-refractivity contribution in [2.45, 2.75) is 25.2 Å². The third-order valence-electron chi connectivity index (χ3n) is 1.40. The second-order valence-electron chi connectivity index (χ2n) is 2.78. The summed E-state index contributed by atoms with van der Waals surface area (Å²) in [5.41, 5.74) is 0. The molecule has 0 saturated carbocycles. The second-order valence-corrected chi connectivity index (χ2v) is 4.95. The maximum Gasteiger partial charge on any atom is 0.269 e. The van der Waals surface area contributed by atoms with Gasteiger partial charge in [0.2, 0.25) is 0 Å². The number of epoxide rings is 1. The smallest absolute Gasteiger partial charge is 0.269 e. The summed E-state index contributed by atoms with van der Waals surface area (Å²) >= 11 is 0. The average molecular weight is 180 g/mol. The van der Waals surface area contributed by atoms with Gasteiger partial charge in [-0.05, 0) is 13.8 Å². The van der Waals surface area contributed by atoms with Crippen molar-refractivity contribution >= 4 is 10.1 Å². The highest BCUT2D eigenvalue weighted by Gasteiger charge is 2.26. The van der Waals surface area contributed by atoms with Crippen molar-refractivity contribution in [3.05, 3.63) is 0 Å². The first-order chi connectivity index (χ1) is 5.02. The van der Waals surface area contributed by atoms with Gasteiger partial charge in [-0.1, -0.05) is 0 Å². The van der Waals surface area contributed by atoms with Crippen LogP contribution >= 0.6 is 0 Å². The molecule has 1 saturated heterocycles. The Hall–Kier alpha value is -0.130. The minimum atomic E-state index is -3.33. The first-order valence-corrected chi connectivity index (χ1v) is 4.99. The Morgan fingerprint density at radius 1 is 1.64 bits per heavy atom. The van der Waals surface area contributed by atoms with E-state index in [2.05, 4.69) is 4.18 Å². The normalized spacial score (nSPS) is 24.1. The molecular weight excluding hydrogens is 168 g/mol. The zero-order valence-electron chi connectivity index (χ0n) is 6.61. The summed E-state index contributed by atoms with van der Waals surface area (Å²) in [5, 5.41) is -0.471. The molecule has 1 rings (SSSR count). The lowest BCUT2D eigenvalue weighted by atomic mass is 10.5. The van der Waals surface area contributed by atoms with Crippen molar-refractivity contribution in [1.29, 1.82) is 0 Å². The van der Waals surface area contributed by atoms with Crippen LogP contribution in [0, 0.1) is 0 Å². The van der Waals surface area contributed by atoms with Crippen molar-refractivity contribution in [3.63, 3.8) is 0 Å². The molecule has 1 atom stereocenters. The minimum Gasteiger partial charge on any atom is -0.371 e. The summed E-state index contributed by atoms with van der Waals surface area (Å²) in [6.07, 6.45) is 0.00326. The van der Waals surface area contributed by atoms with Crippen molar-refractivity contribution in [3.8, 4) is 0 Å². The number of rotatable bonds is 4. The lowest BCUT2D eigenvalue weighted by Crippen LogP contribution is -2.19. The fourth-order valence-electron chi connectivity index (χ4n) is 0.471.